The van der Waals surface area contributed by atoms with Crippen LogP contribution in [0.3, 0.4) is 0 Å². The molecular formula is C9H17N3O7. The summed E-state index contributed by atoms with van der Waals surface area (Å²) in [4.78, 5) is 32.9. The van der Waals surface area contributed by atoms with Crippen molar-refractivity contribution < 1.29 is 34.8 Å². The van der Waals surface area contributed by atoms with E-state index in [1.54, 1.807) is 0 Å². The van der Waals surface area contributed by atoms with Crippen molar-refractivity contribution in [2.45, 2.75) is 18.3 Å². The summed E-state index contributed by atoms with van der Waals surface area (Å²) in [5, 5.41) is 36.2. The first kappa shape index (κ1) is 17.2. The quantitative estimate of drug-likeness (QED) is 0.243. The molecule has 0 saturated heterocycles. The lowest BCUT2D eigenvalue weighted by atomic mass is 10.2. The van der Waals surface area contributed by atoms with Gasteiger partial charge in [-0.1, -0.05) is 0 Å². The highest BCUT2D eigenvalue weighted by Crippen LogP contribution is 1.99. The fourth-order valence-electron chi connectivity index (χ4n) is 1.22. The van der Waals surface area contributed by atoms with Crippen LogP contribution in [0.2, 0.25) is 0 Å². The second-order valence-corrected chi connectivity index (χ2v) is 3.91. The molecule has 0 rings (SSSR count). The Morgan fingerprint density at radius 1 is 0.842 bits per heavy atom. The minimum atomic E-state index is -1.82. The van der Waals surface area contributed by atoms with E-state index in [9.17, 15) is 24.6 Å². The van der Waals surface area contributed by atoms with E-state index in [0.29, 0.717) is 0 Å². The van der Waals surface area contributed by atoms with Gasteiger partial charge in [0.05, 0.1) is 0 Å². The maximum atomic E-state index is 10.7. The molecule has 10 heteroatoms. The molecule has 2 amide bonds. The number of hydrogen-bond donors (Lipinski definition) is 6. The number of aliphatic hydroxyl groups is 3. The van der Waals surface area contributed by atoms with Crippen molar-refractivity contribution in [3.05, 3.63) is 0 Å². The molecule has 10 nitrogen and oxygen atoms in total. The number of nitrogens with two attached hydrogens (primary N) is 2. The second kappa shape index (κ2) is 7.63. The summed E-state index contributed by atoms with van der Waals surface area (Å²) < 4.78 is 0. The van der Waals surface area contributed by atoms with Crippen molar-refractivity contribution in [1.82, 2.24) is 4.90 Å². The first-order valence-corrected chi connectivity index (χ1v) is 5.23. The molecule has 0 spiro atoms. The molecule has 0 aromatic rings. The molecule has 0 aliphatic carbocycles. The van der Waals surface area contributed by atoms with Crippen LogP contribution in [-0.4, -0.2) is 81.1 Å². The van der Waals surface area contributed by atoms with Gasteiger partial charge in [-0.05, 0) is 0 Å². The molecule has 0 aliphatic heterocycles. The molecule has 19 heavy (non-hydrogen) atoms. The summed E-state index contributed by atoms with van der Waals surface area (Å²) in [6.45, 7) is -1.43. The van der Waals surface area contributed by atoms with Crippen LogP contribution in [0.25, 0.3) is 0 Å². The predicted molar refractivity (Wildman–Crippen MR) is 60.5 cm³/mol. The van der Waals surface area contributed by atoms with Crippen molar-refractivity contribution in [2.24, 2.45) is 11.5 Å². The van der Waals surface area contributed by atoms with E-state index in [1.807, 2.05) is 0 Å². The Morgan fingerprint density at radius 3 is 1.42 bits per heavy atom. The van der Waals surface area contributed by atoms with E-state index >= 15 is 0 Å². The lowest BCUT2D eigenvalue weighted by molar-refractivity contribution is -0.148. The van der Waals surface area contributed by atoms with E-state index in [2.05, 4.69) is 0 Å². The highest BCUT2D eigenvalue weighted by atomic mass is 16.4. The third-order valence-electron chi connectivity index (χ3n) is 2.24. The summed E-state index contributed by atoms with van der Waals surface area (Å²) in [6.07, 6.45) is -5.10. The number of carbonyl (C=O) groups excluding carboxylic acids is 2. The van der Waals surface area contributed by atoms with Crippen LogP contribution in [0.4, 0.5) is 0 Å². The van der Waals surface area contributed by atoms with E-state index in [1.165, 1.54) is 0 Å². The molecule has 3 atom stereocenters. The van der Waals surface area contributed by atoms with E-state index < -0.39 is 55.7 Å². The largest absolute Gasteiger partial charge is 0.479 e. The van der Waals surface area contributed by atoms with Crippen LogP contribution in [0, 0.1) is 0 Å². The molecule has 0 heterocycles. The zero-order valence-electron chi connectivity index (χ0n) is 9.97. The van der Waals surface area contributed by atoms with Crippen molar-refractivity contribution in [2.75, 3.05) is 19.6 Å². The van der Waals surface area contributed by atoms with Crippen LogP contribution < -0.4 is 11.5 Å². The van der Waals surface area contributed by atoms with Gasteiger partial charge in [0.2, 0.25) is 11.8 Å². The number of amides is 2. The zero-order valence-corrected chi connectivity index (χ0v) is 9.97. The summed E-state index contributed by atoms with van der Waals surface area (Å²) in [5.74, 6) is -3.67. The maximum Gasteiger partial charge on any atom is 0.333 e. The number of carboxylic acid groups (broad SMARTS) is 1. The van der Waals surface area contributed by atoms with Crippen molar-refractivity contribution in [1.29, 1.82) is 0 Å². The van der Waals surface area contributed by atoms with Gasteiger partial charge in [0, 0.05) is 19.6 Å². The Hall–Kier alpha value is -1.75. The van der Waals surface area contributed by atoms with Crippen molar-refractivity contribution >= 4 is 17.8 Å². The van der Waals surface area contributed by atoms with E-state index in [-0.39, 0.29) is 0 Å². The minimum absolute atomic E-state index is 0.454. The molecule has 110 valence electrons. The average Bonchev–Trinajstić information content (AvgIpc) is 2.27. The zero-order chi connectivity index (χ0) is 15.2. The summed E-state index contributed by atoms with van der Waals surface area (Å²) in [7, 11) is 0. The fraction of sp³-hybridized carbons (Fsp3) is 0.667. The highest BCUT2D eigenvalue weighted by molar-refractivity contribution is 5.79. The Morgan fingerprint density at radius 2 is 1.16 bits per heavy atom. The molecular weight excluding hydrogens is 262 g/mol. The number of carboxylic acids is 1. The first-order valence-electron chi connectivity index (χ1n) is 5.23. The lowest BCUT2D eigenvalue weighted by Crippen LogP contribution is -2.49. The predicted octanol–water partition coefficient (Wildman–Crippen LogP) is -4.57. The SMILES string of the molecule is NC(=O)C(O)CN(CC(O)C(N)=O)CC(O)C(=O)O. The lowest BCUT2D eigenvalue weighted by Gasteiger charge is -2.26. The summed E-state index contributed by atoms with van der Waals surface area (Å²) in [6, 6.07) is 0. The summed E-state index contributed by atoms with van der Waals surface area (Å²) in [5.41, 5.74) is 9.63. The van der Waals surface area contributed by atoms with Crippen LogP contribution in [-0.2, 0) is 14.4 Å². The van der Waals surface area contributed by atoms with Gasteiger partial charge in [-0.2, -0.15) is 0 Å². The van der Waals surface area contributed by atoms with Gasteiger partial charge in [-0.25, -0.2) is 4.79 Å². The molecule has 0 fully saturated rings. The van der Waals surface area contributed by atoms with Crippen LogP contribution in [0.15, 0.2) is 0 Å². The monoisotopic (exact) mass is 279 g/mol. The molecule has 8 N–H and O–H groups in total. The van der Waals surface area contributed by atoms with Gasteiger partial charge in [-0.15, -0.1) is 0 Å². The molecule has 0 aliphatic rings. The molecule has 0 bridgehead atoms. The van der Waals surface area contributed by atoms with Crippen LogP contribution >= 0.6 is 0 Å². The smallest absolute Gasteiger partial charge is 0.333 e. The third-order valence-corrected chi connectivity index (χ3v) is 2.24. The minimum Gasteiger partial charge on any atom is -0.479 e. The van der Waals surface area contributed by atoms with Crippen molar-refractivity contribution in [3.8, 4) is 0 Å². The molecule has 3 unspecified atom stereocenters. The van der Waals surface area contributed by atoms with Gasteiger partial charge >= 0.3 is 5.97 Å². The van der Waals surface area contributed by atoms with E-state index in [0.717, 1.165) is 4.90 Å². The van der Waals surface area contributed by atoms with Crippen LogP contribution in [0.5, 0.6) is 0 Å². The number of hydrogen-bond acceptors (Lipinski definition) is 7. The number of aliphatic hydroxyl groups excluding tert-OH is 3. The third kappa shape index (κ3) is 6.67. The number of rotatable bonds is 9. The van der Waals surface area contributed by atoms with E-state index in [4.69, 9.17) is 21.7 Å². The number of carbonyl (C=O) groups is 3. The standard InChI is InChI=1S/C9H17N3O7/c10-7(16)4(13)1-12(2-5(14)8(11)17)3-6(15)9(18)19/h4-6,13-15H,1-3H2,(H2,10,16)(H2,11,17)(H,18,19). The molecule has 0 aromatic heterocycles. The van der Waals surface area contributed by atoms with Gasteiger partial charge in [0.1, 0.15) is 12.2 Å². The molecule has 0 saturated carbocycles. The Bertz CT molecular complexity index is 296. The molecule has 0 aromatic carbocycles. The number of nitrogens with zero attached hydrogens (tertiary/aromatic N) is 1. The Kier molecular flexibility index (Phi) is 6.93. The molecule has 0 radical (unpaired) electrons. The van der Waals surface area contributed by atoms with Gasteiger partial charge in [0.25, 0.3) is 0 Å². The normalized spacial score (nSPS) is 15.8. The van der Waals surface area contributed by atoms with Crippen molar-refractivity contribution in [3.63, 3.8) is 0 Å². The first-order chi connectivity index (χ1) is 8.65. The van der Waals surface area contributed by atoms with Gasteiger partial charge < -0.3 is 31.9 Å². The average molecular weight is 279 g/mol. The van der Waals surface area contributed by atoms with Crippen LogP contribution in [0.1, 0.15) is 0 Å². The summed E-state index contributed by atoms with van der Waals surface area (Å²) >= 11 is 0. The highest BCUT2D eigenvalue weighted by Gasteiger charge is 2.25. The fourth-order valence-corrected chi connectivity index (χ4v) is 1.22. The number of aliphatic carboxylic acids is 1. The van der Waals surface area contributed by atoms with Gasteiger partial charge in [-0.3, -0.25) is 14.5 Å². The number of primary amides is 2. The maximum absolute atomic E-state index is 10.7. The second-order valence-electron chi connectivity index (χ2n) is 3.91. The topological polar surface area (TPSA) is 187 Å². The van der Waals surface area contributed by atoms with Gasteiger partial charge in [0.15, 0.2) is 6.10 Å². The Labute approximate surface area is 108 Å². The Balaban J connectivity index is 4.67.